The highest BCUT2D eigenvalue weighted by atomic mass is 16.1. The summed E-state index contributed by atoms with van der Waals surface area (Å²) in [5.74, 6) is 1.91. The quantitative estimate of drug-likeness (QED) is 0.503. The number of hydrogen-bond donors (Lipinski definition) is 1. The van der Waals surface area contributed by atoms with E-state index in [4.69, 9.17) is 0 Å². The first-order valence-electron chi connectivity index (χ1n) is 10.1. The van der Waals surface area contributed by atoms with Gasteiger partial charge in [-0.3, -0.25) is 4.79 Å². The SMILES string of the molecule is O=C(Nc1cnc(N2CCN(c3ccccn3)CC2)nc1)c1ccc(-n2ccnn2)nc1. The van der Waals surface area contributed by atoms with E-state index >= 15 is 0 Å². The number of carbonyl (C=O) groups is 1. The fourth-order valence-electron chi connectivity index (χ4n) is 3.41. The van der Waals surface area contributed by atoms with Crippen molar-refractivity contribution >= 4 is 23.4 Å². The molecule has 1 amide bonds. The summed E-state index contributed by atoms with van der Waals surface area (Å²) in [5, 5.41) is 10.4. The summed E-state index contributed by atoms with van der Waals surface area (Å²) in [6.45, 7) is 3.28. The maximum absolute atomic E-state index is 12.5. The Kier molecular flexibility index (Phi) is 5.35. The van der Waals surface area contributed by atoms with Gasteiger partial charge < -0.3 is 15.1 Å². The second-order valence-corrected chi connectivity index (χ2v) is 7.14. The Morgan fingerprint density at radius 1 is 0.812 bits per heavy atom. The first-order valence-corrected chi connectivity index (χ1v) is 10.1. The molecule has 0 bridgehead atoms. The number of pyridine rings is 2. The van der Waals surface area contributed by atoms with Gasteiger partial charge in [-0.15, -0.1) is 5.10 Å². The highest BCUT2D eigenvalue weighted by Gasteiger charge is 2.20. The van der Waals surface area contributed by atoms with E-state index in [2.05, 4.69) is 45.4 Å². The molecule has 11 nitrogen and oxygen atoms in total. The molecule has 11 heteroatoms. The summed E-state index contributed by atoms with van der Waals surface area (Å²) in [6, 6.07) is 9.30. The van der Waals surface area contributed by atoms with Gasteiger partial charge >= 0.3 is 0 Å². The third-order valence-electron chi connectivity index (χ3n) is 5.10. The average Bonchev–Trinajstić information content (AvgIpc) is 3.40. The number of hydrogen-bond acceptors (Lipinski definition) is 9. The van der Waals surface area contributed by atoms with Gasteiger partial charge in [-0.2, -0.15) is 0 Å². The molecule has 1 fully saturated rings. The molecule has 160 valence electrons. The summed E-state index contributed by atoms with van der Waals surface area (Å²) in [4.78, 5) is 34.4. The van der Waals surface area contributed by atoms with E-state index in [1.54, 1.807) is 43.1 Å². The van der Waals surface area contributed by atoms with Crippen LogP contribution >= 0.6 is 0 Å². The Morgan fingerprint density at radius 3 is 2.28 bits per heavy atom. The normalized spacial score (nSPS) is 13.8. The number of nitrogens with one attached hydrogen (secondary N) is 1. The third kappa shape index (κ3) is 4.21. The van der Waals surface area contributed by atoms with Crippen LogP contribution in [0.25, 0.3) is 5.82 Å². The molecule has 1 aliphatic rings. The second kappa shape index (κ2) is 8.76. The van der Waals surface area contributed by atoms with E-state index in [0.717, 1.165) is 32.0 Å². The summed E-state index contributed by atoms with van der Waals surface area (Å²) >= 11 is 0. The average molecular weight is 428 g/mol. The molecule has 0 unspecified atom stereocenters. The number of carbonyl (C=O) groups excluding carboxylic acids is 1. The molecule has 0 aliphatic carbocycles. The lowest BCUT2D eigenvalue weighted by Crippen LogP contribution is -2.47. The van der Waals surface area contributed by atoms with Crippen LogP contribution in [0.4, 0.5) is 17.5 Å². The minimum atomic E-state index is -0.289. The number of anilines is 3. The van der Waals surface area contributed by atoms with E-state index < -0.39 is 0 Å². The largest absolute Gasteiger partial charge is 0.353 e. The van der Waals surface area contributed by atoms with Crippen LogP contribution in [0.5, 0.6) is 0 Å². The first kappa shape index (κ1) is 19.5. The van der Waals surface area contributed by atoms with Crippen molar-refractivity contribution in [3.8, 4) is 5.82 Å². The van der Waals surface area contributed by atoms with Crippen LogP contribution < -0.4 is 15.1 Å². The highest BCUT2D eigenvalue weighted by molar-refractivity contribution is 6.03. The Morgan fingerprint density at radius 2 is 1.62 bits per heavy atom. The number of rotatable bonds is 5. The molecular weight excluding hydrogens is 408 g/mol. The molecule has 0 atom stereocenters. The smallest absolute Gasteiger partial charge is 0.257 e. The van der Waals surface area contributed by atoms with Crippen LogP contribution in [0.15, 0.2) is 67.5 Å². The summed E-state index contributed by atoms with van der Waals surface area (Å²) in [6.07, 6.45) is 9.76. The maximum atomic E-state index is 12.5. The molecule has 0 aromatic carbocycles. The minimum Gasteiger partial charge on any atom is -0.353 e. The van der Waals surface area contributed by atoms with Gasteiger partial charge in [-0.1, -0.05) is 11.3 Å². The van der Waals surface area contributed by atoms with Crippen LogP contribution in [-0.4, -0.2) is 67.0 Å². The van der Waals surface area contributed by atoms with Crippen LogP contribution in [-0.2, 0) is 0 Å². The Balaban J connectivity index is 1.18. The maximum Gasteiger partial charge on any atom is 0.257 e. The van der Waals surface area contributed by atoms with Gasteiger partial charge in [0.25, 0.3) is 5.91 Å². The second-order valence-electron chi connectivity index (χ2n) is 7.14. The van der Waals surface area contributed by atoms with Crippen molar-refractivity contribution in [1.82, 2.24) is 34.9 Å². The summed E-state index contributed by atoms with van der Waals surface area (Å²) in [7, 11) is 0. The lowest BCUT2D eigenvalue weighted by atomic mass is 10.2. The van der Waals surface area contributed by atoms with E-state index in [9.17, 15) is 4.79 Å². The molecule has 0 saturated carbocycles. The molecule has 0 spiro atoms. The Hall–Kier alpha value is -4.41. The van der Waals surface area contributed by atoms with Gasteiger partial charge in [0.15, 0.2) is 5.82 Å². The summed E-state index contributed by atoms with van der Waals surface area (Å²) in [5.41, 5.74) is 0.940. The van der Waals surface area contributed by atoms with Crippen molar-refractivity contribution in [3.05, 3.63) is 73.1 Å². The zero-order valence-electron chi connectivity index (χ0n) is 17.1. The molecule has 1 aliphatic heterocycles. The standard InChI is InChI=1S/C21H20N10O/c32-20(16-4-5-19(23-13-16)31-8-7-26-28-31)27-17-14-24-21(25-15-17)30-11-9-29(10-12-30)18-3-1-2-6-22-18/h1-8,13-15H,9-12H2,(H,27,32). The number of nitrogens with zero attached hydrogens (tertiary/aromatic N) is 9. The molecule has 5 heterocycles. The van der Waals surface area contributed by atoms with E-state index in [1.807, 2.05) is 18.2 Å². The fourth-order valence-corrected chi connectivity index (χ4v) is 3.41. The predicted octanol–water partition coefficient (Wildman–Crippen LogP) is 1.43. The molecular formula is C21H20N10O. The van der Waals surface area contributed by atoms with Gasteiger partial charge in [0, 0.05) is 38.6 Å². The zero-order chi connectivity index (χ0) is 21.8. The monoisotopic (exact) mass is 428 g/mol. The number of aromatic nitrogens is 7. The fraction of sp³-hybridized carbons (Fsp3) is 0.190. The van der Waals surface area contributed by atoms with Crippen molar-refractivity contribution in [2.24, 2.45) is 0 Å². The first-order chi connectivity index (χ1) is 15.8. The minimum absolute atomic E-state index is 0.289. The zero-order valence-corrected chi connectivity index (χ0v) is 17.1. The topological polar surface area (TPSA) is 118 Å². The van der Waals surface area contributed by atoms with Crippen LogP contribution in [0.2, 0.25) is 0 Å². The summed E-state index contributed by atoms with van der Waals surface area (Å²) < 4.78 is 1.52. The molecule has 4 aromatic rings. The Labute approximate surface area is 183 Å². The van der Waals surface area contributed by atoms with E-state index in [-0.39, 0.29) is 5.91 Å². The number of amides is 1. The van der Waals surface area contributed by atoms with Gasteiger partial charge in [0.1, 0.15) is 5.82 Å². The highest BCUT2D eigenvalue weighted by Crippen LogP contribution is 2.17. The van der Waals surface area contributed by atoms with Crippen LogP contribution in [0.1, 0.15) is 10.4 Å². The molecule has 5 rings (SSSR count). The molecule has 1 saturated heterocycles. The Bertz CT molecular complexity index is 1160. The predicted molar refractivity (Wildman–Crippen MR) is 118 cm³/mol. The van der Waals surface area contributed by atoms with Gasteiger partial charge in [0.2, 0.25) is 5.95 Å². The van der Waals surface area contributed by atoms with Gasteiger partial charge in [0.05, 0.1) is 36.0 Å². The lowest BCUT2D eigenvalue weighted by molar-refractivity contribution is 0.102. The van der Waals surface area contributed by atoms with Crippen molar-refractivity contribution in [2.45, 2.75) is 0 Å². The van der Waals surface area contributed by atoms with Crippen molar-refractivity contribution in [1.29, 1.82) is 0 Å². The van der Waals surface area contributed by atoms with Gasteiger partial charge in [-0.05, 0) is 24.3 Å². The molecule has 4 aromatic heterocycles. The van der Waals surface area contributed by atoms with E-state index in [0.29, 0.717) is 23.0 Å². The van der Waals surface area contributed by atoms with Crippen molar-refractivity contribution < 1.29 is 4.79 Å². The molecule has 1 N–H and O–H groups in total. The lowest BCUT2D eigenvalue weighted by Gasteiger charge is -2.35. The molecule has 0 radical (unpaired) electrons. The number of piperazine rings is 1. The van der Waals surface area contributed by atoms with Crippen LogP contribution in [0.3, 0.4) is 0 Å². The van der Waals surface area contributed by atoms with E-state index in [1.165, 1.54) is 10.9 Å². The van der Waals surface area contributed by atoms with Crippen LogP contribution in [0, 0.1) is 0 Å². The third-order valence-corrected chi connectivity index (χ3v) is 5.10. The molecule has 32 heavy (non-hydrogen) atoms. The van der Waals surface area contributed by atoms with Crippen molar-refractivity contribution in [3.63, 3.8) is 0 Å². The van der Waals surface area contributed by atoms with Gasteiger partial charge in [-0.25, -0.2) is 24.6 Å². The van der Waals surface area contributed by atoms with Crippen molar-refractivity contribution in [2.75, 3.05) is 41.3 Å².